The maximum absolute atomic E-state index is 10.6. The van der Waals surface area contributed by atoms with Gasteiger partial charge in [0.2, 0.25) is 0 Å². The van der Waals surface area contributed by atoms with Crippen molar-refractivity contribution >= 4 is 16.6 Å². The van der Waals surface area contributed by atoms with Gasteiger partial charge in [-0.1, -0.05) is 0 Å². The van der Waals surface area contributed by atoms with Crippen LogP contribution in [0.2, 0.25) is 0 Å². The number of hydrogen-bond acceptors (Lipinski definition) is 4. The fourth-order valence-corrected chi connectivity index (χ4v) is 1.69. The van der Waals surface area contributed by atoms with Crippen molar-refractivity contribution in [1.82, 2.24) is 10.3 Å². The summed E-state index contributed by atoms with van der Waals surface area (Å²) in [6.07, 6.45) is 0. The molecule has 2 rings (SSSR count). The molecule has 0 amide bonds. The lowest BCUT2D eigenvalue weighted by atomic mass is 10.2. The number of H-pyrrole nitrogens is 1. The average molecular weight is 235 g/mol. The minimum Gasteiger partial charge on any atom is -0.395 e. The number of aliphatic hydroxyl groups excluding tert-OH is 1. The monoisotopic (exact) mass is 235 g/mol. The molecule has 6 nitrogen and oxygen atoms in total. The van der Waals surface area contributed by atoms with E-state index in [-0.39, 0.29) is 12.3 Å². The first-order chi connectivity index (χ1) is 8.20. The zero-order valence-corrected chi connectivity index (χ0v) is 9.14. The number of aliphatic hydroxyl groups is 1. The fourth-order valence-electron chi connectivity index (χ4n) is 1.69. The van der Waals surface area contributed by atoms with Crippen LogP contribution >= 0.6 is 0 Å². The van der Waals surface area contributed by atoms with E-state index in [4.69, 9.17) is 5.11 Å². The number of nitro benzene ring substituents is 1. The van der Waals surface area contributed by atoms with E-state index in [2.05, 4.69) is 10.3 Å². The second-order valence-electron chi connectivity index (χ2n) is 3.72. The zero-order valence-electron chi connectivity index (χ0n) is 9.14. The van der Waals surface area contributed by atoms with E-state index in [1.807, 2.05) is 6.07 Å². The van der Waals surface area contributed by atoms with Gasteiger partial charge in [0.1, 0.15) is 0 Å². The lowest BCUT2D eigenvalue weighted by Crippen LogP contribution is -2.17. The van der Waals surface area contributed by atoms with E-state index >= 15 is 0 Å². The topological polar surface area (TPSA) is 91.2 Å². The molecule has 6 heteroatoms. The predicted octanol–water partition coefficient (Wildman–Crippen LogP) is 1.16. The van der Waals surface area contributed by atoms with Crippen molar-refractivity contribution in [3.8, 4) is 0 Å². The highest BCUT2D eigenvalue weighted by Crippen LogP contribution is 2.21. The van der Waals surface area contributed by atoms with Crippen LogP contribution in [-0.4, -0.2) is 28.2 Å². The van der Waals surface area contributed by atoms with Crippen molar-refractivity contribution in [1.29, 1.82) is 0 Å². The van der Waals surface area contributed by atoms with Crippen molar-refractivity contribution in [2.24, 2.45) is 0 Å². The van der Waals surface area contributed by atoms with Gasteiger partial charge in [0.05, 0.1) is 11.5 Å². The minimum atomic E-state index is -0.407. The summed E-state index contributed by atoms with van der Waals surface area (Å²) in [7, 11) is 0. The third kappa shape index (κ3) is 2.61. The standard InChI is InChI=1S/C11H13N3O3/c15-4-3-12-7-9-5-8-6-10(14(16)17)1-2-11(8)13-9/h1-2,5-6,12-13,15H,3-4,7H2. The van der Waals surface area contributed by atoms with Crippen molar-refractivity contribution in [2.75, 3.05) is 13.2 Å². The van der Waals surface area contributed by atoms with Gasteiger partial charge >= 0.3 is 0 Å². The molecule has 0 aliphatic carbocycles. The lowest BCUT2D eigenvalue weighted by molar-refractivity contribution is -0.384. The quantitative estimate of drug-likeness (QED) is 0.412. The molecule has 0 unspecified atom stereocenters. The normalized spacial score (nSPS) is 10.9. The molecule has 0 aliphatic heterocycles. The molecule has 0 aliphatic rings. The molecule has 90 valence electrons. The third-order valence-electron chi connectivity index (χ3n) is 2.47. The Balaban J connectivity index is 2.21. The van der Waals surface area contributed by atoms with Crippen LogP contribution in [0.15, 0.2) is 24.3 Å². The Labute approximate surface area is 97.4 Å². The number of hydrogen-bond donors (Lipinski definition) is 3. The Bertz CT molecular complexity index is 536. The Kier molecular flexibility index (Phi) is 3.36. The molecule has 1 heterocycles. The van der Waals surface area contributed by atoms with Gasteiger partial charge < -0.3 is 15.4 Å². The number of fused-ring (bicyclic) bond motifs is 1. The summed E-state index contributed by atoms with van der Waals surface area (Å²) in [5, 5.41) is 23.1. The summed E-state index contributed by atoms with van der Waals surface area (Å²) in [6.45, 7) is 1.21. The number of nitrogens with zero attached hydrogens (tertiary/aromatic N) is 1. The van der Waals surface area contributed by atoms with Gasteiger partial charge in [0.15, 0.2) is 0 Å². The first kappa shape index (κ1) is 11.6. The maximum atomic E-state index is 10.6. The molecule has 0 atom stereocenters. The molecule has 0 bridgehead atoms. The number of rotatable bonds is 5. The smallest absolute Gasteiger partial charge is 0.270 e. The second-order valence-corrected chi connectivity index (χ2v) is 3.72. The highest BCUT2D eigenvalue weighted by atomic mass is 16.6. The summed E-state index contributed by atoms with van der Waals surface area (Å²) in [5.74, 6) is 0. The fraction of sp³-hybridized carbons (Fsp3) is 0.273. The highest BCUT2D eigenvalue weighted by Gasteiger charge is 2.07. The van der Waals surface area contributed by atoms with E-state index in [1.54, 1.807) is 12.1 Å². The van der Waals surface area contributed by atoms with Crippen LogP contribution in [0.5, 0.6) is 0 Å². The number of aromatic amines is 1. The molecule has 1 aromatic carbocycles. The molecule has 0 radical (unpaired) electrons. The molecule has 0 saturated heterocycles. The van der Waals surface area contributed by atoms with E-state index in [9.17, 15) is 10.1 Å². The predicted molar refractivity (Wildman–Crippen MR) is 63.7 cm³/mol. The van der Waals surface area contributed by atoms with Crippen LogP contribution in [0.4, 0.5) is 5.69 Å². The molecule has 0 spiro atoms. The SMILES string of the molecule is O=[N+]([O-])c1ccc2[nH]c(CNCCO)cc2c1. The summed E-state index contributed by atoms with van der Waals surface area (Å²) in [5.41, 5.74) is 1.90. The van der Waals surface area contributed by atoms with E-state index in [1.165, 1.54) is 6.07 Å². The lowest BCUT2D eigenvalue weighted by Gasteiger charge is -1.98. The summed E-state index contributed by atoms with van der Waals surface area (Å²) in [6, 6.07) is 6.58. The van der Waals surface area contributed by atoms with Crippen LogP contribution in [0.1, 0.15) is 5.69 Å². The average Bonchev–Trinajstić information content (AvgIpc) is 2.70. The molecule has 0 saturated carbocycles. The molecule has 2 aromatic rings. The van der Waals surface area contributed by atoms with Gasteiger partial charge in [0.25, 0.3) is 5.69 Å². The van der Waals surface area contributed by atoms with E-state index in [0.717, 1.165) is 16.6 Å². The molecule has 1 aromatic heterocycles. The Morgan fingerprint density at radius 1 is 1.41 bits per heavy atom. The Morgan fingerprint density at radius 3 is 2.94 bits per heavy atom. The van der Waals surface area contributed by atoms with Gasteiger partial charge in [-0.2, -0.15) is 0 Å². The maximum Gasteiger partial charge on any atom is 0.270 e. The number of aromatic nitrogens is 1. The van der Waals surface area contributed by atoms with Crippen molar-refractivity contribution in [3.05, 3.63) is 40.1 Å². The number of non-ortho nitro benzene ring substituents is 1. The van der Waals surface area contributed by atoms with Gasteiger partial charge in [-0.05, 0) is 12.1 Å². The van der Waals surface area contributed by atoms with Crippen molar-refractivity contribution < 1.29 is 10.0 Å². The van der Waals surface area contributed by atoms with Crippen molar-refractivity contribution in [3.63, 3.8) is 0 Å². The van der Waals surface area contributed by atoms with Crippen LogP contribution < -0.4 is 5.32 Å². The van der Waals surface area contributed by atoms with Crippen LogP contribution in [0.3, 0.4) is 0 Å². The van der Waals surface area contributed by atoms with Crippen LogP contribution in [0, 0.1) is 10.1 Å². The van der Waals surface area contributed by atoms with E-state index in [0.29, 0.717) is 13.1 Å². The van der Waals surface area contributed by atoms with Gasteiger partial charge in [-0.25, -0.2) is 0 Å². The summed E-state index contributed by atoms with van der Waals surface area (Å²) >= 11 is 0. The number of benzene rings is 1. The van der Waals surface area contributed by atoms with Gasteiger partial charge in [0, 0.05) is 41.8 Å². The highest BCUT2D eigenvalue weighted by molar-refractivity contribution is 5.82. The molecule has 3 N–H and O–H groups in total. The third-order valence-corrected chi connectivity index (χ3v) is 2.47. The number of nitro groups is 1. The molecule has 0 fully saturated rings. The van der Waals surface area contributed by atoms with E-state index < -0.39 is 4.92 Å². The first-order valence-corrected chi connectivity index (χ1v) is 5.28. The second kappa shape index (κ2) is 4.94. The van der Waals surface area contributed by atoms with Crippen LogP contribution in [0.25, 0.3) is 10.9 Å². The minimum absolute atomic E-state index is 0.0890. The Hall–Kier alpha value is -1.92. The van der Waals surface area contributed by atoms with Gasteiger partial charge in [-0.15, -0.1) is 0 Å². The first-order valence-electron chi connectivity index (χ1n) is 5.28. The molecular weight excluding hydrogens is 222 g/mol. The summed E-state index contributed by atoms with van der Waals surface area (Å²) in [4.78, 5) is 13.4. The number of nitrogens with one attached hydrogen (secondary N) is 2. The molecular formula is C11H13N3O3. The van der Waals surface area contributed by atoms with Gasteiger partial charge in [-0.3, -0.25) is 10.1 Å². The Morgan fingerprint density at radius 2 is 2.24 bits per heavy atom. The summed E-state index contributed by atoms with van der Waals surface area (Å²) < 4.78 is 0. The van der Waals surface area contributed by atoms with Crippen molar-refractivity contribution in [2.45, 2.75) is 6.54 Å². The molecule has 17 heavy (non-hydrogen) atoms. The largest absolute Gasteiger partial charge is 0.395 e. The van der Waals surface area contributed by atoms with Crippen LogP contribution in [-0.2, 0) is 6.54 Å². The zero-order chi connectivity index (χ0) is 12.3.